The van der Waals surface area contributed by atoms with Crippen LogP contribution in [-0.2, 0) is 0 Å². The molecule has 0 amide bonds. The van der Waals surface area contributed by atoms with E-state index in [-0.39, 0.29) is 0 Å². The standard InChI is InChI=1S/C14H16BrN3/c1-18-8-4-2-3-5-14(18)17-13-7-6-12(15)9-11(13)10-16/h6-7,9H,2-5,8H2,1H3. The summed E-state index contributed by atoms with van der Waals surface area (Å²) in [5.41, 5.74) is 1.39. The molecule has 0 atom stereocenters. The minimum absolute atomic E-state index is 0.620. The van der Waals surface area contributed by atoms with Crippen LogP contribution in [0.25, 0.3) is 0 Å². The lowest BCUT2D eigenvalue weighted by molar-refractivity contribution is 0.494. The molecule has 1 aliphatic rings. The molecule has 0 aliphatic carbocycles. The van der Waals surface area contributed by atoms with Crippen molar-refractivity contribution in [2.75, 3.05) is 13.6 Å². The van der Waals surface area contributed by atoms with E-state index in [4.69, 9.17) is 5.26 Å². The molecule has 3 nitrogen and oxygen atoms in total. The van der Waals surface area contributed by atoms with Crippen molar-refractivity contribution in [3.63, 3.8) is 0 Å². The van der Waals surface area contributed by atoms with E-state index in [1.807, 2.05) is 18.2 Å². The second-order valence-corrected chi connectivity index (χ2v) is 5.45. The SMILES string of the molecule is CN1CCCCCC1=Nc1ccc(Br)cc1C#N. The van der Waals surface area contributed by atoms with Gasteiger partial charge < -0.3 is 4.90 Å². The molecule has 0 aromatic heterocycles. The van der Waals surface area contributed by atoms with Crippen LogP contribution in [0.15, 0.2) is 27.7 Å². The Bertz CT molecular complexity index is 502. The number of amidine groups is 1. The van der Waals surface area contributed by atoms with Gasteiger partial charge in [-0.2, -0.15) is 5.26 Å². The third kappa shape index (κ3) is 3.11. The smallest absolute Gasteiger partial charge is 0.105 e. The Morgan fingerprint density at radius 2 is 2.17 bits per heavy atom. The van der Waals surface area contributed by atoms with Gasteiger partial charge in [0, 0.05) is 24.5 Å². The van der Waals surface area contributed by atoms with E-state index in [1.54, 1.807) is 0 Å². The van der Waals surface area contributed by atoms with E-state index >= 15 is 0 Å². The third-order valence-electron chi connectivity index (χ3n) is 3.16. The van der Waals surface area contributed by atoms with Gasteiger partial charge in [-0.05, 0) is 31.0 Å². The van der Waals surface area contributed by atoms with Gasteiger partial charge in [0.25, 0.3) is 0 Å². The Morgan fingerprint density at radius 1 is 1.33 bits per heavy atom. The zero-order valence-electron chi connectivity index (χ0n) is 10.5. The van der Waals surface area contributed by atoms with Crippen LogP contribution in [0.2, 0.25) is 0 Å². The number of benzene rings is 1. The molecule has 0 radical (unpaired) electrons. The van der Waals surface area contributed by atoms with Gasteiger partial charge in [0.15, 0.2) is 0 Å². The first kappa shape index (κ1) is 13.1. The predicted molar refractivity (Wildman–Crippen MR) is 77.1 cm³/mol. The van der Waals surface area contributed by atoms with Crippen molar-refractivity contribution in [3.05, 3.63) is 28.2 Å². The van der Waals surface area contributed by atoms with Gasteiger partial charge in [-0.1, -0.05) is 22.4 Å². The van der Waals surface area contributed by atoms with Gasteiger partial charge >= 0.3 is 0 Å². The van der Waals surface area contributed by atoms with Crippen molar-refractivity contribution >= 4 is 27.5 Å². The van der Waals surface area contributed by atoms with Crippen LogP contribution in [0, 0.1) is 11.3 Å². The second kappa shape index (κ2) is 6.01. The average molecular weight is 306 g/mol. The number of nitrogens with zero attached hydrogens (tertiary/aromatic N) is 3. The highest BCUT2D eigenvalue weighted by molar-refractivity contribution is 9.10. The number of aliphatic imine (C=N–C) groups is 1. The van der Waals surface area contributed by atoms with Gasteiger partial charge in [-0.15, -0.1) is 0 Å². The summed E-state index contributed by atoms with van der Waals surface area (Å²) in [6.07, 6.45) is 4.66. The van der Waals surface area contributed by atoms with Gasteiger partial charge in [-0.3, -0.25) is 0 Å². The maximum atomic E-state index is 9.14. The van der Waals surface area contributed by atoms with Crippen LogP contribution >= 0.6 is 15.9 Å². The number of halogens is 1. The van der Waals surface area contributed by atoms with E-state index < -0.39 is 0 Å². The van der Waals surface area contributed by atoms with Crippen molar-refractivity contribution < 1.29 is 0 Å². The van der Waals surface area contributed by atoms with Crippen LogP contribution in [0.1, 0.15) is 31.2 Å². The molecule has 1 fully saturated rings. The number of likely N-dealkylation sites (tertiary alicyclic amines) is 1. The van der Waals surface area contributed by atoms with Gasteiger partial charge in [0.05, 0.1) is 11.3 Å². The number of rotatable bonds is 1. The highest BCUT2D eigenvalue weighted by Crippen LogP contribution is 2.24. The summed E-state index contributed by atoms with van der Waals surface area (Å²) in [7, 11) is 2.08. The fourth-order valence-electron chi connectivity index (χ4n) is 2.10. The Balaban J connectivity index is 2.34. The van der Waals surface area contributed by atoms with Gasteiger partial charge in [-0.25, -0.2) is 4.99 Å². The van der Waals surface area contributed by atoms with Crippen molar-refractivity contribution in [1.82, 2.24) is 4.90 Å². The fraction of sp³-hybridized carbons (Fsp3) is 0.429. The average Bonchev–Trinajstić information content (AvgIpc) is 2.57. The molecule has 1 saturated heterocycles. The predicted octanol–water partition coefficient (Wildman–Crippen LogP) is 3.86. The van der Waals surface area contributed by atoms with Crippen molar-refractivity contribution in [2.24, 2.45) is 4.99 Å². The summed E-state index contributed by atoms with van der Waals surface area (Å²) in [6.45, 7) is 1.05. The number of hydrogen-bond acceptors (Lipinski definition) is 2. The molecule has 94 valence electrons. The van der Waals surface area contributed by atoms with Crippen LogP contribution in [0.4, 0.5) is 5.69 Å². The largest absolute Gasteiger partial charge is 0.363 e. The van der Waals surface area contributed by atoms with E-state index in [9.17, 15) is 0 Å². The molecular weight excluding hydrogens is 290 g/mol. The molecule has 0 bridgehead atoms. The Morgan fingerprint density at radius 3 is 2.94 bits per heavy atom. The van der Waals surface area contributed by atoms with E-state index in [1.165, 1.54) is 19.3 Å². The molecule has 4 heteroatoms. The highest BCUT2D eigenvalue weighted by Gasteiger charge is 2.12. The van der Waals surface area contributed by atoms with Crippen LogP contribution < -0.4 is 0 Å². The summed E-state index contributed by atoms with van der Waals surface area (Å²) in [4.78, 5) is 6.87. The molecule has 0 spiro atoms. The Kier molecular flexibility index (Phi) is 4.38. The molecule has 1 aromatic rings. The zero-order chi connectivity index (χ0) is 13.0. The molecule has 1 aliphatic heterocycles. The third-order valence-corrected chi connectivity index (χ3v) is 3.66. The summed E-state index contributed by atoms with van der Waals surface area (Å²) in [5, 5.41) is 9.14. The van der Waals surface area contributed by atoms with Gasteiger partial charge in [0.2, 0.25) is 0 Å². The fourth-order valence-corrected chi connectivity index (χ4v) is 2.47. The van der Waals surface area contributed by atoms with Crippen LogP contribution in [-0.4, -0.2) is 24.3 Å². The lowest BCUT2D eigenvalue weighted by Crippen LogP contribution is -2.25. The monoisotopic (exact) mass is 305 g/mol. The first-order chi connectivity index (χ1) is 8.70. The molecule has 0 unspecified atom stereocenters. The van der Waals surface area contributed by atoms with Crippen LogP contribution in [0.3, 0.4) is 0 Å². The lowest BCUT2D eigenvalue weighted by Gasteiger charge is -2.18. The maximum Gasteiger partial charge on any atom is 0.105 e. The first-order valence-corrected chi connectivity index (χ1v) is 6.98. The molecule has 2 rings (SSSR count). The minimum Gasteiger partial charge on any atom is -0.363 e. The molecular formula is C14H16BrN3. The highest BCUT2D eigenvalue weighted by atomic mass is 79.9. The zero-order valence-corrected chi connectivity index (χ0v) is 12.1. The molecule has 18 heavy (non-hydrogen) atoms. The number of nitriles is 1. The molecule has 0 saturated carbocycles. The summed E-state index contributed by atoms with van der Waals surface area (Å²) in [5.74, 6) is 1.09. The van der Waals surface area contributed by atoms with Crippen molar-refractivity contribution in [3.8, 4) is 6.07 Å². The quantitative estimate of drug-likeness (QED) is 0.790. The summed E-state index contributed by atoms with van der Waals surface area (Å²) in [6, 6.07) is 7.84. The first-order valence-electron chi connectivity index (χ1n) is 6.19. The van der Waals surface area contributed by atoms with Gasteiger partial charge in [0.1, 0.15) is 11.9 Å². The van der Waals surface area contributed by atoms with Crippen molar-refractivity contribution in [1.29, 1.82) is 5.26 Å². The number of hydrogen-bond donors (Lipinski definition) is 0. The maximum absolute atomic E-state index is 9.14. The molecule has 1 heterocycles. The normalized spacial score (nSPS) is 18.5. The van der Waals surface area contributed by atoms with Crippen molar-refractivity contribution in [2.45, 2.75) is 25.7 Å². The second-order valence-electron chi connectivity index (χ2n) is 4.53. The van der Waals surface area contributed by atoms with E-state index in [0.29, 0.717) is 5.56 Å². The summed E-state index contributed by atoms with van der Waals surface area (Å²) < 4.78 is 0.914. The molecule has 1 aromatic carbocycles. The summed E-state index contributed by atoms with van der Waals surface area (Å²) >= 11 is 3.38. The lowest BCUT2D eigenvalue weighted by atomic mass is 10.2. The minimum atomic E-state index is 0.620. The van der Waals surface area contributed by atoms with E-state index in [2.05, 4.69) is 38.9 Å². The van der Waals surface area contributed by atoms with Crippen LogP contribution in [0.5, 0.6) is 0 Å². The van der Waals surface area contributed by atoms with E-state index in [0.717, 1.165) is 29.0 Å². The molecule has 0 N–H and O–H groups in total. The Hall–Kier alpha value is -1.34. The Labute approximate surface area is 116 Å². The topological polar surface area (TPSA) is 39.4 Å².